The third-order valence-electron chi connectivity index (χ3n) is 5.53. The fourth-order valence-corrected chi connectivity index (χ4v) is 4.24. The molecule has 0 aliphatic carbocycles. The second-order valence-electron chi connectivity index (χ2n) is 7.66. The van der Waals surface area contributed by atoms with Crippen molar-refractivity contribution in [1.82, 2.24) is 4.57 Å². The highest BCUT2D eigenvalue weighted by atomic mass is 35.5. The second kappa shape index (κ2) is 7.60. The van der Waals surface area contributed by atoms with Crippen LogP contribution in [0.5, 0.6) is 11.5 Å². The summed E-state index contributed by atoms with van der Waals surface area (Å²) >= 11 is 6.16. The van der Waals surface area contributed by atoms with Crippen LogP contribution in [-0.2, 0) is 6.42 Å². The molecular formula is C25H19ClN2O3. The highest BCUT2D eigenvalue weighted by Gasteiger charge is 2.24. The number of carbonyl (C=O) groups is 1. The van der Waals surface area contributed by atoms with E-state index in [-0.39, 0.29) is 17.0 Å². The average Bonchev–Trinajstić information content (AvgIpc) is 3.09. The quantitative estimate of drug-likeness (QED) is 0.444. The van der Waals surface area contributed by atoms with E-state index < -0.39 is 5.91 Å². The first-order chi connectivity index (χ1) is 15.0. The molecule has 4 aromatic rings. The lowest BCUT2D eigenvalue weighted by atomic mass is 10.1. The Balaban J connectivity index is 1.54. The zero-order valence-corrected chi connectivity index (χ0v) is 17.5. The lowest BCUT2D eigenvalue weighted by Crippen LogP contribution is -2.24. The average molecular weight is 431 g/mol. The standard InChI is InChI=1S/C25H19ClN2O3/c1-15-12-16-6-5-9-19-23(16)28(15)14-20(24(19)29)25(30)27-21-13-17(26)10-11-22(21)31-18-7-3-2-4-8-18/h2-11,13-15H,12H2,1H3,(H,27,30)/t15-/m0/s1. The molecule has 0 saturated carbocycles. The first-order valence-electron chi connectivity index (χ1n) is 10.0. The number of nitrogens with zero attached hydrogens (tertiary/aromatic N) is 1. The smallest absolute Gasteiger partial charge is 0.261 e. The van der Waals surface area contributed by atoms with Crippen molar-refractivity contribution in [1.29, 1.82) is 0 Å². The summed E-state index contributed by atoms with van der Waals surface area (Å²) in [5.74, 6) is 0.561. The third kappa shape index (κ3) is 3.47. The van der Waals surface area contributed by atoms with Crippen LogP contribution in [0.1, 0.15) is 28.9 Å². The molecule has 1 aromatic heterocycles. The van der Waals surface area contributed by atoms with Gasteiger partial charge in [-0.3, -0.25) is 9.59 Å². The Morgan fingerprint density at radius 3 is 2.71 bits per heavy atom. The molecule has 1 N–H and O–H groups in total. The number of hydrogen-bond donors (Lipinski definition) is 1. The Hall–Kier alpha value is -3.57. The molecule has 5 nitrogen and oxygen atoms in total. The largest absolute Gasteiger partial charge is 0.455 e. The Kier molecular flexibility index (Phi) is 4.75. The molecule has 0 saturated heterocycles. The fraction of sp³-hybridized carbons (Fsp3) is 0.120. The van der Waals surface area contributed by atoms with E-state index in [1.165, 1.54) is 0 Å². The summed E-state index contributed by atoms with van der Waals surface area (Å²) in [5, 5.41) is 3.82. The van der Waals surface area contributed by atoms with Gasteiger partial charge in [-0.2, -0.15) is 0 Å². The summed E-state index contributed by atoms with van der Waals surface area (Å²) in [4.78, 5) is 26.3. The van der Waals surface area contributed by atoms with Crippen LogP contribution in [0.4, 0.5) is 5.69 Å². The van der Waals surface area contributed by atoms with Gasteiger partial charge in [0.25, 0.3) is 5.91 Å². The summed E-state index contributed by atoms with van der Waals surface area (Å²) < 4.78 is 7.93. The normalized spacial score (nSPS) is 14.6. The molecule has 0 fully saturated rings. The van der Waals surface area contributed by atoms with Crippen molar-refractivity contribution in [2.24, 2.45) is 0 Å². The van der Waals surface area contributed by atoms with Crippen molar-refractivity contribution in [3.05, 3.63) is 99.3 Å². The Morgan fingerprint density at radius 2 is 1.90 bits per heavy atom. The minimum Gasteiger partial charge on any atom is -0.455 e. The summed E-state index contributed by atoms with van der Waals surface area (Å²) in [7, 11) is 0. The molecule has 3 aromatic carbocycles. The van der Waals surface area contributed by atoms with Crippen LogP contribution in [-0.4, -0.2) is 10.5 Å². The molecule has 1 atom stereocenters. The molecular weight excluding hydrogens is 412 g/mol. The van der Waals surface area contributed by atoms with E-state index in [1.54, 1.807) is 30.5 Å². The van der Waals surface area contributed by atoms with Crippen molar-refractivity contribution in [2.75, 3.05) is 5.32 Å². The van der Waals surface area contributed by atoms with E-state index >= 15 is 0 Å². The van der Waals surface area contributed by atoms with Crippen molar-refractivity contribution in [3.8, 4) is 11.5 Å². The molecule has 154 valence electrons. The van der Waals surface area contributed by atoms with Gasteiger partial charge in [0.15, 0.2) is 5.75 Å². The maximum Gasteiger partial charge on any atom is 0.261 e. The molecule has 0 bridgehead atoms. The lowest BCUT2D eigenvalue weighted by Gasteiger charge is -2.15. The molecule has 0 unspecified atom stereocenters. The summed E-state index contributed by atoms with van der Waals surface area (Å²) in [6.45, 7) is 2.08. The van der Waals surface area contributed by atoms with E-state index in [2.05, 4.69) is 12.2 Å². The highest BCUT2D eigenvalue weighted by molar-refractivity contribution is 6.31. The Bertz CT molecular complexity index is 1380. The van der Waals surface area contributed by atoms with E-state index in [0.717, 1.165) is 17.5 Å². The van der Waals surface area contributed by atoms with Crippen molar-refractivity contribution < 1.29 is 9.53 Å². The van der Waals surface area contributed by atoms with Gasteiger partial charge in [0.2, 0.25) is 5.43 Å². The van der Waals surface area contributed by atoms with Crippen molar-refractivity contribution in [3.63, 3.8) is 0 Å². The van der Waals surface area contributed by atoms with Gasteiger partial charge >= 0.3 is 0 Å². The van der Waals surface area contributed by atoms with Crippen LogP contribution in [0, 0.1) is 0 Å². The van der Waals surface area contributed by atoms with Gasteiger partial charge in [0, 0.05) is 22.6 Å². The number of aromatic nitrogens is 1. The fourth-order valence-electron chi connectivity index (χ4n) is 4.07. The highest BCUT2D eigenvalue weighted by Crippen LogP contribution is 2.33. The number of halogens is 1. The molecule has 5 rings (SSSR count). The van der Waals surface area contributed by atoms with E-state index in [1.807, 2.05) is 47.0 Å². The molecule has 1 aliphatic heterocycles. The number of amides is 1. The molecule has 31 heavy (non-hydrogen) atoms. The Labute approximate surface area is 183 Å². The SMILES string of the molecule is C[C@H]1Cc2cccc3c(=O)c(C(=O)Nc4cc(Cl)ccc4Oc4ccccc4)cn1c23. The maximum atomic E-state index is 13.2. The van der Waals surface area contributed by atoms with Crippen LogP contribution in [0.2, 0.25) is 5.02 Å². The van der Waals surface area contributed by atoms with Gasteiger partial charge in [-0.1, -0.05) is 41.9 Å². The van der Waals surface area contributed by atoms with Crippen LogP contribution in [0.15, 0.2) is 77.7 Å². The minimum atomic E-state index is -0.500. The van der Waals surface area contributed by atoms with Crippen LogP contribution < -0.4 is 15.5 Å². The summed E-state index contributed by atoms with van der Waals surface area (Å²) in [6, 6.07) is 20.1. The molecule has 1 amide bonds. The number of ether oxygens (including phenoxy) is 1. The van der Waals surface area contributed by atoms with Crippen LogP contribution in [0.3, 0.4) is 0 Å². The first kappa shape index (κ1) is 19.4. The van der Waals surface area contributed by atoms with E-state index in [0.29, 0.717) is 27.6 Å². The molecule has 1 aliphatic rings. The van der Waals surface area contributed by atoms with Crippen molar-refractivity contribution >= 4 is 34.1 Å². The summed E-state index contributed by atoms with van der Waals surface area (Å²) in [5.41, 5.74) is 2.23. The van der Waals surface area contributed by atoms with Gasteiger partial charge in [-0.25, -0.2) is 0 Å². The van der Waals surface area contributed by atoms with Gasteiger partial charge < -0.3 is 14.6 Å². The van der Waals surface area contributed by atoms with Gasteiger partial charge in [-0.15, -0.1) is 0 Å². The maximum absolute atomic E-state index is 13.2. The van der Waals surface area contributed by atoms with Gasteiger partial charge in [0.05, 0.1) is 11.2 Å². The summed E-state index contributed by atoms with van der Waals surface area (Å²) in [6.07, 6.45) is 2.49. The number of carbonyl (C=O) groups excluding carboxylic acids is 1. The molecule has 6 heteroatoms. The number of anilines is 1. The van der Waals surface area contributed by atoms with Crippen LogP contribution in [0.25, 0.3) is 10.9 Å². The lowest BCUT2D eigenvalue weighted by molar-refractivity contribution is 0.102. The Morgan fingerprint density at radius 1 is 1.10 bits per heavy atom. The molecule has 2 heterocycles. The number of pyridine rings is 1. The van der Waals surface area contributed by atoms with Gasteiger partial charge in [0.1, 0.15) is 11.3 Å². The number of nitrogens with one attached hydrogen (secondary N) is 1. The predicted molar refractivity (Wildman–Crippen MR) is 123 cm³/mol. The topological polar surface area (TPSA) is 60.3 Å². The monoisotopic (exact) mass is 430 g/mol. The van der Waals surface area contributed by atoms with Gasteiger partial charge in [-0.05, 0) is 55.3 Å². The zero-order valence-electron chi connectivity index (χ0n) is 16.8. The number of hydrogen-bond acceptors (Lipinski definition) is 3. The number of rotatable bonds is 4. The molecule has 0 spiro atoms. The number of para-hydroxylation sites is 2. The van der Waals surface area contributed by atoms with E-state index in [9.17, 15) is 9.59 Å². The van der Waals surface area contributed by atoms with Crippen LogP contribution >= 0.6 is 11.6 Å². The van der Waals surface area contributed by atoms with E-state index in [4.69, 9.17) is 16.3 Å². The second-order valence-corrected chi connectivity index (χ2v) is 8.09. The minimum absolute atomic E-state index is 0.0871. The molecule has 0 radical (unpaired) electrons. The van der Waals surface area contributed by atoms with Crippen molar-refractivity contribution in [2.45, 2.75) is 19.4 Å². The first-order valence-corrected chi connectivity index (χ1v) is 10.4. The predicted octanol–water partition coefficient (Wildman–Crippen LogP) is 5.82. The number of benzene rings is 3. The third-order valence-corrected chi connectivity index (χ3v) is 5.77. The zero-order chi connectivity index (χ0) is 21.5.